The van der Waals surface area contributed by atoms with E-state index in [1.807, 2.05) is 12.1 Å². The maximum atomic E-state index is 11.3. The zero-order valence-electron chi connectivity index (χ0n) is 17.9. The molecule has 0 atom stereocenters. The Kier molecular flexibility index (Phi) is 6.08. The Morgan fingerprint density at radius 3 is 2.50 bits per heavy atom. The van der Waals surface area contributed by atoms with Gasteiger partial charge in [0.1, 0.15) is 9.88 Å². The number of para-hydroxylation sites is 1. The lowest BCUT2D eigenvalue weighted by Gasteiger charge is -2.32. The zero-order valence-corrected chi connectivity index (χ0v) is 18.7. The molecule has 2 aromatic heterocycles. The van der Waals surface area contributed by atoms with Crippen molar-refractivity contribution < 1.29 is 9.90 Å². The summed E-state index contributed by atoms with van der Waals surface area (Å²) in [6, 6.07) is 23.1. The topological polar surface area (TPSA) is 57.5 Å². The molecule has 2 aromatic carbocycles. The molecule has 1 aliphatic rings. The van der Waals surface area contributed by atoms with Crippen molar-refractivity contribution in [2.75, 3.05) is 13.1 Å². The molecule has 1 saturated heterocycles. The molecule has 0 aliphatic carbocycles. The molecule has 5 rings (SSSR count). The molecule has 3 heterocycles. The van der Waals surface area contributed by atoms with Crippen LogP contribution in [-0.2, 0) is 13.1 Å². The number of hydrogen-bond donors (Lipinski definition) is 2. The van der Waals surface area contributed by atoms with Gasteiger partial charge >= 0.3 is 5.97 Å². The van der Waals surface area contributed by atoms with E-state index in [0.29, 0.717) is 10.9 Å². The van der Waals surface area contributed by atoms with E-state index in [4.69, 9.17) is 0 Å². The molecule has 0 bridgehead atoms. The first-order chi connectivity index (χ1) is 15.7. The van der Waals surface area contributed by atoms with Crippen molar-refractivity contribution in [3.05, 3.63) is 88.9 Å². The summed E-state index contributed by atoms with van der Waals surface area (Å²) in [5.74, 6) is -0.877. The second-order valence-electron chi connectivity index (χ2n) is 8.40. The number of nitrogens with one attached hydrogen (secondary N) is 1. The molecular weight excluding hydrogens is 418 g/mol. The van der Waals surface area contributed by atoms with Gasteiger partial charge in [0, 0.05) is 30.7 Å². The number of carboxylic acids is 1. The van der Waals surface area contributed by atoms with Gasteiger partial charge in [0.15, 0.2) is 0 Å². The lowest BCUT2D eigenvalue weighted by molar-refractivity contribution is 0.0702. The number of nitrogens with zero attached hydrogens (tertiary/aromatic N) is 2. The SMILES string of the molecule is O=C(O)c1ccc(-n2cc(CNC3CCN(Cc4ccccc4)CC3)c3ccccc32)s1. The lowest BCUT2D eigenvalue weighted by atomic mass is 10.0. The van der Waals surface area contributed by atoms with Crippen molar-refractivity contribution in [1.29, 1.82) is 0 Å². The van der Waals surface area contributed by atoms with Gasteiger partial charge in [0.2, 0.25) is 0 Å². The molecule has 0 saturated carbocycles. The highest BCUT2D eigenvalue weighted by atomic mass is 32.1. The molecule has 0 amide bonds. The van der Waals surface area contributed by atoms with Crippen LogP contribution in [0.4, 0.5) is 0 Å². The molecule has 2 N–H and O–H groups in total. The molecule has 32 heavy (non-hydrogen) atoms. The summed E-state index contributed by atoms with van der Waals surface area (Å²) < 4.78 is 2.12. The molecule has 0 radical (unpaired) electrons. The minimum absolute atomic E-state index is 0.361. The first-order valence-electron chi connectivity index (χ1n) is 11.1. The van der Waals surface area contributed by atoms with Crippen molar-refractivity contribution >= 4 is 28.2 Å². The first kappa shape index (κ1) is 20.9. The largest absolute Gasteiger partial charge is 0.477 e. The van der Waals surface area contributed by atoms with Crippen molar-refractivity contribution in [3.63, 3.8) is 0 Å². The highest BCUT2D eigenvalue weighted by Gasteiger charge is 2.20. The van der Waals surface area contributed by atoms with Crippen LogP contribution in [0.15, 0.2) is 72.9 Å². The summed E-state index contributed by atoms with van der Waals surface area (Å²) in [7, 11) is 0. The Labute approximate surface area is 191 Å². The molecular formula is C26H27N3O2S. The van der Waals surface area contributed by atoms with E-state index >= 15 is 0 Å². The highest BCUT2D eigenvalue weighted by Crippen LogP contribution is 2.29. The van der Waals surface area contributed by atoms with E-state index in [9.17, 15) is 9.90 Å². The monoisotopic (exact) mass is 445 g/mol. The van der Waals surface area contributed by atoms with Gasteiger partial charge in [0.05, 0.1) is 5.52 Å². The summed E-state index contributed by atoms with van der Waals surface area (Å²) in [4.78, 5) is 14.2. The quantitative estimate of drug-likeness (QED) is 0.413. The Hall–Kier alpha value is -2.93. The van der Waals surface area contributed by atoms with Gasteiger partial charge in [-0.05, 0) is 55.3 Å². The van der Waals surface area contributed by atoms with E-state index in [-0.39, 0.29) is 0 Å². The van der Waals surface area contributed by atoms with Crippen molar-refractivity contribution in [1.82, 2.24) is 14.8 Å². The smallest absolute Gasteiger partial charge is 0.345 e. The number of benzene rings is 2. The number of carbonyl (C=O) groups is 1. The lowest BCUT2D eigenvalue weighted by Crippen LogP contribution is -2.41. The summed E-state index contributed by atoms with van der Waals surface area (Å²) in [6.45, 7) is 4.07. The van der Waals surface area contributed by atoms with Crippen molar-refractivity contribution in [3.8, 4) is 5.00 Å². The van der Waals surface area contributed by atoms with Gasteiger partial charge in [-0.2, -0.15) is 0 Å². The Morgan fingerprint density at radius 2 is 1.75 bits per heavy atom. The van der Waals surface area contributed by atoms with Gasteiger partial charge in [-0.15, -0.1) is 11.3 Å². The fourth-order valence-electron chi connectivity index (χ4n) is 4.54. The Balaban J connectivity index is 1.25. The third-order valence-corrected chi connectivity index (χ3v) is 7.32. The second kappa shape index (κ2) is 9.28. The number of piperidine rings is 1. The number of hydrogen-bond acceptors (Lipinski definition) is 4. The molecule has 164 valence electrons. The second-order valence-corrected chi connectivity index (χ2v) is 9.46. The van der Waals surface area contributed by atoms with E-state index < -0.39 is 5.97 Å². The average molecular weight is 446 g/mol. The zero-order chi connectivity index (χ0) is 21.9. The fraction of sp³-hybridized carbons (Fsp3) is 0.269. The van der Waals surface area contributed by atoms with E-state index in [1.54, 1.807) is 6.07 Å². The number of likely N-dealkylation sites (tertiary alicyclic amines) is 1. The first-order valence-corrected chi connectivity index (χ1v) is 11.9. The minimum atomic E-state index is -0.877. The number of aromatic carboxylic acids is 1. The molecule has 1 aliphatic heterocycles. The van der Waals surface area contributed by atoms with Crippen LogP contribution >= 0.6 is 11.3 Å². The van der Waals surface area contributed by atoms with Crippen LogP contribution in [0.1, 0.15) is 33.6 Å². The Morgan fingerprint density at radius 1 is 1.00 bits per heavy atom. The normalized spacial score (nSPS) is 15.4. The third kappa shape index (κ3) is 4.48. The summed E-state index contributed by atoms with van der Waals surface area (Å²) >= 11 is 1.31. The number of fused-ring (bicyclic) bond motifs is 1. The van der Waals surface area contributed by atoms with Crippen LogP contribution in [0, 0.1) is 0 Å². The standard InChI is InChI=1S/C26H27N3O2S/c30-26(31)24-10-11-25(32-24)29-18-20(22-8-4-5-9-23(22)29)16-27-21-12-14-28(15-13-21)17-19-6-2-1-3-7-19/h1-11,18,21,27H,12-17H2,(H,30,31). The predicted octanol–water partition coefficient (Wildman–Crippen LogP) is 5.14. The van der Waals surface area contributed by atoms with Gasteiger partial charge in [-0.25, -0.2) is 4.79 Å². The van der Waals surface area contributed by atoms with Crippen LogP contribution < -0.4 is 5.32 Å². The maximum absolute atomic E-state index is 11.3. The number of carboxylic acid groups (broad SMARTS) is 1. The average Bonchev–Trinajstić information content (AvgIpc) is 3.45. The van der Waals surface area contributed by atoms with E-state index in [2.05, 4.69) is 69.5 Å². The molecule has 0 spiro atoms. The fourth-order valence-corrected chi connectivity index (χ4v) is 5.37. The molecule has 4 aromatic rings. The summed E-state index contributed by atoms with van der Waals surface area (Å²) in [5, 5.41) is 15.2. The van der Waals surface area contributed by atoms with Gasteiger partial charge in [0.25, 0.3) is 0 Å². The van der Waals surface area contributed by atoms with Gasteiger partial charge in [-0.1, -0.05) is 48.5 Å². The van der Waals surface area contributed by atoms with E-state index in [0.717, 1.165) is 49.5 Å². The van der Waals surface area contributed by atoms with Crippen molar-refractivity contribution in [2.24, 2.45) is 0 Å². The number of aromatic nitrogens is 1. The maximum Gasteiger partial charge on any atom is 0.345 e. The molecule has 0 unspecified atom stereocenters. The van der Waals surface area contributed by atoms with Crippen LogP contribution in [0.2, 0.25) is 0 Å². The molecule has 6 heteroatoms. The molecule has 5 nitrogen and oxygen atoms in total. The summed E-state index contributed by atoms with van der Waals surface area (Å²) in [5.41, 5.74) is 3.74. The van der Waals surface area contributed by atoms with Crippen LogP contribution in [-0.4, -0.2) is 39.7 Å². The summed E-state index contributed by atoms with van der Waals surface area (Å²) in [6.07, 6.45) is 4.45. The third-order valence-electron chi connectivity index (χ3n) is 6.25. The predicted molar refractivity (Wildman–Crippen MR) is 130 cm³/mol. The molecule has 1 fully saturated rings. The van der Waals surface area contributed by atoms with Crippen LogP contribution in [0.3, 0.4) is 0 Å². The van der Waals surface area contributed by atoms with Crippen LogP contribution in [0.25, 0.3) is 15.9 Å². The number of rotatable bonds is 7. The number of thiophene rings is 1. The minimum Gasteiger partial charge on any atom is -0.477 e. The van der Waals surface area contributed by atoms with E-state index in [1.165, 1.54) is 27.8 Å². The van der Waals surface area contributed by atoms with Crippen molar-refractivity contribution in [2.45, 2.75) is 32.0 Å². The van der Waals surface area contributed by atoms with Gasteiger partial charge in [-0.3, -0.25) is 4.90 Å². The highest BCUT2D eigenvalue weighted by molar-refractivity contribution is 7.16. The van der Waals surface area contributed by atoms with Crippen LogP contribution in [0.5, 0.6) is 0 Å². The Bertz CT molecular complexity index is 1210. The van der Waals surface area contributed by atoms with Gasteiger partial charge < -0.3 is 15.0 Å².